The van der Waals surface area contributed by atoms with Crippen LogP contribution in [-0.4, -0.2) is 17.1 Å². The first-order chi connectivity index (χ1) is 8.08. The molecule has 1 aromatic rings. The van der Waals surface area contributed by atoms with Crippen molar-refractivity contribution >= 4 is 23.3 Å². The topological polar surface area (TPSA) is 73.1 Å². The van der Waals surface area contributed by atoms with E-state index in [4.69, 9.17) is 28.4 Å². The first-order valence-corrected chi connectivity index (χ1v) is 5.08. The van der Waals surface area contributed by atoms with E-state index in [1.54, 1.807) is 12.1 Å². The van der Waals surface area contributed by atoms with E-state index >= 15 is 0 Å². The summed E-state index contributed by atoms with van der Waals surface area (Å²) >= 11 is 5.90. The van der Waals surface area contributed by atoms with Gasteiger partial charge in [0, 0.05) is 6.42 Å². The van der Waals surface area contributed by atoms with Crippen molar-refractivity contribution in [1.29, 1.82) is 5.26 Å². The zero-order valence-electron chi connectivity index (χ0n) is 8.77. The third-order valence-electron chi connectivity index (χ3n) is 2.05. The summed E-state index contributed by atoms with van der Waals surface area (Å²) < 4.78 is 0. The van der Waals surface area contributed by atoms with Gasteiger partial charge in [-0.1, -0.05) is 11.6 Å². The van der Waals surface area contributed by atoms with E-state index in [-0.39, 0.29) is 11.4 Å². The Morgan fingerprint density at radius 2 is 2.35 bits per heavy atom. The second kappa shape index (κ2) is 5.79. The summed E-state index contributed by atoms with van der Waals surface area (Å²) in [5.74, 6) is 1.22. The van der Waals surface area contributed by atoms with E-state index in [9.17, 15) is 4.79 Å². The highest BCUT2D eigenvalue weighted by Crippen LogP contribution is 2.23. The van der Waals surface area contributed by atoms with Gasteiger partial charge >= 0.3 is 5.97 Å². The number of nitriles is 1. The monoisotopic (exact) mass is 248 g/mol. The maximum Gasteiger partial charge on any atom is 0.327 e. The van der Waals surface area contributed by atoms with Crippen LogP contribution in [0.3, 0.4) is 0 Å². The molecule has 0 aromatic heterocycles. The molecule has 0 aliphatic rings. The lowest BCUT2D eigenvalue weighted by Crippen LogP contribution is -2.28. The molecule has 0 heterocycles. The Morgan fingerprint density at radius 3 is 2.82 bits per heavy atom. The van der Waals surface area contributed by atoms with Crippen LogP contribution in [0.5, 0.6) is 0 Å². The number of anilines is 1. The second-order valence-corrected chi connectivity index (χ2v) is 3.66. The van der Waals surface area contributed by atoms with Crippen LogP contribution in [0.15, 0.2) is 18.2 Å². The van der Waals surface area contributed by atoms with Gasteiger partial charge in [0.2, 0.25) is 0 Å². The molecular formula is C12H9ClN2O2. The molecule has 1 rings (SSSR count). The van der Waals surface area contributed by atoms with Crippen molar-refractivity contribution in [2.45, 2.75) is 12.5 Å². The average molecular weight is 249 g/mol. The summed E-state index contributed by atoms with van der Waals surface area (Å²) in [6.07, 6.45) is 5.12. The lowest BCUT2D eigenvalue weighted by Gasteiger charge is -2.14. The van der Waals surface area contributed by atoms with Crippen molar-refractivity contribution in [3.8, 4) is 18.4 Å². The van der Waals surface area contributed by atoms with Gasteiger partial charge in [0.1, 0.15) is 6.04 Å². The van der Waals surface area contributed by atoms with Crippen molar-refractivity contribution in [2.24, 2.45) is 0 Å². The number of aliphatic carboxylic acids is 1. The van der Waals surface area contributed by atoms with Crippen LogP contribution < -0.4 is 5.32 Å². The maximum absolute atomic E-state index is 10.9. The van der Waals surface area contributed by atoms with E-state index in [0.717, 1.165) is 0 Å². The SMILES string of the molecule is C#CCC(Nc1ccc(C#N)cc1Cl)C(=O)O. The molecule has 0 aliphatic carbocycles. The van der Waals surface area contributed by atoms with Crippen molar-refractivity contribution in [3.63, 3.8) is 0 Å². The Labute approximate surface area is 104 Å². The van der Waals surface area contributed by atoms with Gasteiger partial charge in [0.05, 0.1) is 22.3 Å². The average Bonchev–Trinajstić information content (AvgIpc) is 2.30. The minimum Gasteiger partial charge on any atom is -0.480 e. The summed E-state index contributed by atoms with van der Waals surface area (Å²) in [4.78, 5) is 10.9. The van der Waals surface area contributed by atoms with E-state index in [2.05, 4.69) is 11.2 Å². The van der Waals surface area contributed by atoms with Crippen LogP contribution >= 0.6 is 11.6 Å². The molecule has 0 spiro atoms. The Morgan fingerprint density at radius 1 is 1.65 bits per heavy atom. The molecule has 4 nitrogen and oxygen atoms in total. The van der Waals surface area contributed by atoms with Crippen molar-refractivity contribution in [3.05, 3.63) is 28.8 Å². The molecule has 0 radical (unpaired) electrons. The fourth-order valence-electron chi connectivity index (χ4n) is 1.21. The minimum atomic E-state index is -1.05. The molecule has 86 valence electrons. The molecule has 1 atom stereocenters. The van der Waals surface area contributed by atoms with Crippen LogP contribution in [0.25, 0.3) is 0 Å². The van der Waals surface area contributed by atoms with Crippen LogP contribution in [0, 0.1) is 23.7 Å². The molecule has 1 unspecified atom stereocenters. The van der Waals surface area contributed by atoms with Gasteiger partial charge < -0.3 is 10.4 Å². The minimum absolute atomic E-state index is 0.0473. The number of carboxylic acids is 1. The molecule has 0 fully saturated rings. The Balaban J connectivity index is 2.91. The van der Waals surface area contributed by atoms with Crippen LogP contribution in [0.4, 0.5) is 5.69 Å². The smallest absolute Gasteiger partial charge is 0.327 e. The van der Waals surface area contributed by atoms with Gasteiger partial charge in [0.25, 0.3) is 0 Å². The molecule has 0 amide bonds. The molecular weight excluding hydrogens is 240 g/mol. The predicted molar refractivity (Wildman–Crippen MR) is 64.7 cm³/mol. The summed E-state index contributed by atoms with van der Waals surface area (Å²) in [7, 11) is 0. The highest BCUT2D eigenvalue weighted by molar-refractivity contribution is 6.33. The quantitative estimate of drug-likeness (QED) is 0.801. The molecule has 0 bridgehead atoms. The van der Waals surface area contributed by atoms with Gasteiger partial charge in [-0.2, -0.15) is 5.26 Å². The van der Waals surface area contributed by atoms with Gasteiger partial charge in [-0.15, -0.1) is 12.3 Å². The van der Waals surface area contributed by atoms with Gasteiger partial charge in [0.15, 0.2) is 0 Å². The molecule has 2 N–H and O–H groups in total. The zero-order valence-corrected chi connectivity index (χ0v) is 9.53. The van der Waals surface area contributed by atoms with E-state index < -0.39 is 12.0 Å². The molecule has 5 heteroatoms. The number of hydrogen-bond acceptors (Lipinski definition) is 3. The third-order valence-corrected chi connectivity index (χ3v) is 2.36. The summed E-state index contributed by atoms with van der Waals surface area (Å²) in [5.41, 5.74) is 0.845. The highest BCUT2D eigenvalue weighted by atomic mass is 35.5. The largest absolute Gasteiger partial charge is 0.480 e. The Bertz CT molecular complexity index is 514. The van der Waals surface area contributed by atoms with Gasteiger partial charge in [-0.3, -0.25) is 0 Å². The van der Waals surface area contributed by atoms with Crippen molar-refractivity contribution in [2.75, 3.05) is 5.32 Å². The van der Waals surface area contributed by atoms with Crippen molar-refractivity contribution in [1.82, 2.24) is 0 Å². The Kier molecular flexibility index (Phi) is 4.39. The number of carboxylic acid groups (broad SMARTS) is 1. The number of halogens is 1. The van der Waals surface area contributed by atoms with Crippen LogP contribution in [0.1, 0.15) is 12.0 Å². The fraction of sp³-hybridized carbons (Fsp3) is 0.167. The number of benzene rings is 1. The lowest BCUT2D eigenvalue weighted by molar-refractivity contribution is -0.137. The summed E-state index contributed by atoms with van der Waals surface area (Å²) in [6, 6.07) is 5.59. The van der Waals surface area contributed by atoms with Crippen LogP contribution in [0.2, 0.25) is 5.02 Å². The Hall–Kier alpha value is -2.17. The predicted octanol–water partition coefficient (Wildman–Crippen LogP) is 2.10. The molecule has 0 aliphatic heterocycles. The molecule has 0 saturated carbocycles. The van der Waals surface area contributed by atoms with E-state index in [1.807, 2.05) is 6.07 Å². The number of nitrogens with one attached hydrogen (secondary N) is 1. The number of rotatable bonds is 4. The number of nitrogens with zero attached hydrogens (tertiary/aromatic N) is 1. The maximum atomic E-state index is 10.9. The number of hydrogen-bond donors (Lipinski definition) is 2. The molecule has 0 saturated heterocycles. The van der Waals surface area contributed by atoms with Gasteiger partial charge in [-0.25, -0.2) is 4.79 Å². The van der Waals surface area contributed by atoms with E-state index in [0.29, 0.717) is 11.3 Å². The lowest BCUT2D eigenvalue weighted by atomic mass is 10.1. The molecule has 1 aromatic carbocycles. The first kappa shape index (κ1) is 12.9. The number of terminal acetylenes is 1. The molecule has 17 heavy (non-hydrogen) atoms. The third kappa shape index (κ3) is 3.41. The van der Waals surface area contributed by atoms with Crippen LogP contribution in [-0.2, 0) is 4.79 Å². The summed E-state index contributed by atoms with van der Waals surface area (Å²) in [5, 5.41) is 20.6. The van der Waals surface area contributed by atoms with Gasteiger partial charge in [-0.05, 0) is 18.2 Å². The fourth-order valence-corrected chi connectivity index (χ4v) is 1.44. The van der Waals surface area contributed by atoms with Crippen molar-refractivity contribution < 1.29 is 9.90 Å². The normalized spacial score (nSPS) is 11.0. The highest BCUT2D eigenvalue weighted by Gasteiger charge is 2.16. The number of carbonyl (C=O) groups is 1. The summed E-state index contributed by atoms with van der Waals surface area (Å²) in [6.45, 7) is 0. The second-order valence-electron chi connectivity index (χ2n) is 3.25. The zero-order chi connectivity index (χ0) is 12.8. The first-order valence-electron chi connectivity index (χ1n) is 4.71. The standard InChI is InChI=1S/C12H9ClN2O2/c1-2-3-11(12(16)17)15-10-5-4-8(7-14)6-9(10)13/h1,4-6,11,15H,3H2,(H,16,17). The van der Waals surface area contributed by atoms with E-state index in [1.165, 1.54) is 6.07 Å².